The zero-order valence-corrected chi connectivity index (χ0v) is 14.4. The Morgan fingerprint density at radius 3 is 2.88 bits per heavy atom. The van der Waals surface area contributed by atoms with Crippen LogP contribution in [0.2, 0.25) is 0 Å². The van der Waals surface area contributed by atoms with Crippen LogP contribution < -0.4 is 4.90 Å². The fourth-order valence-electron chi connectivity index (χ4n) is 3.21. The fourth-order valence-corrected chi connectivity index (χ4v) is 4.09. The third-order valence-corrected chi connectivity index (χ3v) is 5.40. The van der Waals surface area contributed by atoms with Crippen molar-refractivity contribution in [2.24, 2.45) is 0 Å². The van der Waals surface area contributed by atoms with Gasteiger partial charge in [-0.1, -0.05) is 36.0 Å². The predicted molar refractivity (Wildman–Crippen MR) is 95.4 cm³/mol. The van der Waals surface area contributed by atoms with Crippen molar-refractivity contribution in [1.29, 1.82) is 0 Å². The number of para-hydroxylation sites is 1. The third kappa shape index (κ3) is 2.47. The van der Waals surface area contributed by atoms with Crippen LogP contribution in [-0.2, 0) is 11.2 Å². The Hall–Kier alpha value is -2.34. The van der Waals surface area contributed by atoms with Gasteiger partial charge in [-0.2, -0.15) is 0 Å². The Labute approximate surface area is 144 Å². The minimum absolute atomic E-state index is 0.116. The van der Waals surface area contributed by atoms with Crippen LogP contribution in [0.1, 0.15) is 19.4 Å². The predicted octanol–water partition coefficient (Wildman–Crippen LogP) is 3.19. The maximum absolute atomic E-state index is 13.0. The zero-order valence-electron chi connectivity index (χ0n) is 13.6. The monoisotopic (exact) mass is 338 g/mol. The molecule has 3 aromatic rings. The molecule has 0 saturated carbocycles. The van der Waals surface area contributed by atoms with Crippen molar-refractivity contribution in [2.75, 3.05) is 4.90 Å². The number of hydrogen-bond donors (Lipinski definition) is 0. The molecule has 2 aromatic heterocycles. The number of nitrogens with zero attached hydrogens (tertiary/aromatic N) is 4. The highest BCUT2D eigenvalue weighted by molar-refractivity contribution is 8.00. The molecule has 4 rings (SSSR count). The van der Waals surface area contributed by atoms with Gasteiger partial charge in [0.15, 0.2) is 10.8 Å². The van der Waals surface area contributed by atoms with Crippen LogP contribution in [0.3, 0.4) is 0 Å². The van der Waals surface area contributed by atoms with E-state index in [-0.39, 0.29) is 17.2 Å². The fraction of sp³-hybridized carbons (Fsp3) is 0.278. The molecule has 1 aliphatic heterocycles. The highest BCUT2D eigenvalue weighted by atomic mass is 32.2. The van der Waals surface area contributed by atoms with E-state index in [1.54, 1.807) is 0 Å². The lowest BCUT2D eigenvalue weighted by atomic mass is 10.1. The molecule has 0 saturated heterocycles. The van der Waals surface area contributed by atoms with Gasteiger partial charge >= 0.3 is 0 Å². The van der Waals surface area contributed by atoms with Crippen molar-refractivity contribution in [3.63, 3.8) is 0 Å². The van der Waals surface area contributed by atoms with Crippen LogP contribution in [0.25, 0.3) is 5.65 Å². The molecule has 122 valence electrons. The number of pyridine rings is 1. The number of aromatic nitrogens is 3. The molecule has 2 atom stereocenters. The van der Waals surface area contributed by atoms with E-state index in [1.807, 2.05) is 58.8 Å². The van der Waals surface area contributed by atoms with Gasteiger partial charge in [0.2, 0.25) is 5.91 Å². The van der Waals surface area contributed by atoms with Crippen molar-refractivity contribution in [2.45, 2.75) is 36.7 Å². The number of carbonyl (C=O) groups excluding carboxylic acids is 1. The van der Waals surface area contributed by atoms with Crippen molar-refractivity contribution in [3.05, 3.63) is 54.2 Å². The number of carbonyl (C=O) groups is 1. The second-order valence-electron chi connectivity index (χ2n) is 6.06. The SMILES string of the molecule is C[C@H](Sc1nnc2ccccn12)C(=O)N1c2ccccc2C[C@@H]1C. The van der Waals surface area contributed by atoms with E-state index in [0.717, 1.165) is 22.9 Å². The number of thioether (sulfide) groups is 1. The second-order valence-corrected chi connectivity index (χ2v) is 7.37. The average Bonchev–Trinajstić information content (AvgIpc) is 3.14. The molecule has 0 bridgehead atoms. The number of anilines is 1. The summed E-state index contributed by atoms with van der Waals surface area (Å²) < 4.78 is 1.91. The molecule has 1 aliphatic rings. The van der Waals surface area contributed by atoms with E-state index >= 15 is 0 Å². The summed E-state index contributed by atoms with van der Waals surface area (Å²) in [5.74, 6) is 0.116. The van der Waals surface area contributed by atoms with Gasteiger partial charge in [0.05, 0.1) is 5.25 Å². The summed E-state index contributed by atoms with van der Waals surface area (Å²) in [6, 6.07) is 14.1. The smallest absolute Gasteiger partial charge is 0.240 e. The summed E-state index contributed by atoms with van der Waals surface area (Å²) in [4.78, 5) is 15.0. The Balaban J connectivity index is 1.58. The molecule has 0 aliphatic carbocycles. The molecule has 0 spiro atoms. The van der Waals surface area contributed by atoms with Gasteiger partial charge in [-0.25, -0.2) is 0 Å². The third-order valence-electron chi connectivity index (χ3n) is 4.36. The van der Waals surface area contributed by atoms with E-state index in [4.69, 9.17) is 0 Å². The summed E-state index contributed by atoms with van der Waals surface area (Å²) >= 11 is 1.45. The first-order chi connectivity index (χ1) is 11.6. The van der Waals surface area contributed by atoms with Crippen molar-refractivity contribution in [3.8, 4) is 0 Å². The lowest BCUT2D eigenvalue weighted by molar-refractivity contribution is -0.118. The van der Waals surface area contributed by atoms with Gasteiger partial charge in [-0.15, -0.1) is 10.2 Å². The second kappa shape index (κ2) is 5.94. The summed E-state index contributed by atoms with van der Waals surface area (Å²) in [7, 11) is 0. The van der Waals surface area contributed by atoms with Crippen LogP contribution in [0.5, 0.6) is 0 Å². The summed E-state index contributed by atoms with van der Waals surface area (Å²) in [5, 5.41) is 8.87. The first kappa shape index (κ1) is 15.2. The molecule has 24 heavy (non-hydrogen) atoms. The van der Waals surface area contributed by atoms with E-state index in [0.29, 0.717) is 0 Å². The number of hydrogen-bond acceptors (Lipinski definition) is 4. The van der Waals surface area contributed by atoms with Gasteiger partial charge < -0.3 is 4.90 Å². The quantitative estimate of drug-likeness (QED) is 0.688. The summed E-state index contributed by atoms with van der Waals surface area (Å²) in [6.07, 6.45) is 2.83. The van der Waals surface area contributed by atoms with Crippen LogP contribution >= 0.6 is 11.8 Å². The van der Waals surface area contributed by atoms with E-state index < -0.39 is 0 Å². The van der Waals surface area contributed by atoms with Crippen LogP contribution in [-0.4, -0.2) is 31.8 Å². The van der Waals surface area contributed by atoms with Gasteiger partial charge in [0.1, 0.15) is 0 Å². The van der Waals surface area contributed by atoms with Crippen LogP contribution in [0.15, 0.2) is 53.8 Å². The Bertz CT molecular complexity index is 907. The maximum atomic E-state index is 13.0. The molecule has 0 radical (unpaired) electrons. The minimum atomic E-state index is -0.230. The number of fused-ring (bicyclic) bond motifs is 2. The van der Waals surface area contributed by atoms with Gasteiger partial charge in [0, 0.05) is 17.9 Å². The Morgan fingerprint density at radius 2 is 2.00 bits per heavy atom. The molecule has 0 N–H and O–H groups in total. The van der Waals surface area contributed by atoms with Crippen LogP contribution in [0.4, 0.5) is 5.69 Å². The highest BCUT2D eigenvalue weighted by Crippen LogP contribution is 2.34. The largest absolute Gasteiger partial charge is 0.308 e. The standard InChI is InChI=1S/C18H18N4OS/c1-12-11-14-7-3-4-8-15(14)22(12)17(23)13(2)24-18-20-19-16-9-5-6-10-21(16)18/h3-10,12-13H,11H2,1-2H3/t12-,13-/m0/s1. The Morgan fingerprint density at radius 1 is 1.21 bits per heavy atom. The van der Waals surface area contributed by atoms with E-state index in [9.17, 15) is 4.79 Å². The normalized spacial score (nSPS) is 17.9. The lowest BCUT2D eigenvalue weighted by Crippen LogP contribution is -2.40. The Kier molecular flexibility index (Phi) is 3.76. The zero-order chi connectivity index (χ0) is 16.7. The molecule has 1 amide bonds. The van der Waals surface area contributed by atoms with Crippen molar-refractivity contribution < 1.29 is 4.79 Å². The van der Waals surface area contributed by atoms with Gasteiger partial charge in [0.25, 0.3) is 0 Å². The van der Waals surface area contributed by atoms with E-state index in [1.165, 1.54) is 17.3 Å². The molecule has 3 heterocycles. The molecule has 0 unspecified atom stereocenters. The minimum Gasteiger partial charge on any atom is -0.308 e. The number of amides is 1. The van der Waals surface area contributed by atoms with Crippen molar-refractivity contribution in [1.82, 2.24) is 14.6 Å². The first-order valence-electron chi connectivity index (χ1n) is 8.02. The first-order valence-corrected chi connectivity index (χ1v) is 8.90. The summed E-state index contributed by atoms with van der Waals surface area (Å²) in [5.41, 5.74) is 3.07. The topological polar surface area (TPSA) is 50.5 Å². The van der Waals surface area contributed by atoms with Crippen molar-refractivity contribution >= 4 is 29.0 Å². The van der Waals surface area contributed by atoms with Gasteiger partial charge in [-0.3, -0.25) is 9.20 Å². The maximum Gasteiger partial charge on any atom is 0.240 e. The molecular formula is C18H18N4OS. The molecule has 1 aromatic carbocycles. The number of benzene rings is 1. The molecule has 5 nitrogen and oxygen atoms in total. The highest BCUT2D eigenvalue weighted by Gasteiger charge is 2.33. The molecule has 6 heteroatoms. The van der Waals surface area contributed by atoms with Crippen LogP contribution in [0, 0.1) is 0 Å². The van der Waals surface area contributed by atoms with E-state index in [2.05, 4.69) is 23.2 Å². The average molecular weight is 338 g/mol. The molecular weight excluding hydrogens is 320 g/mol. The molecule has 0 fully saturated rings. The summed E-state index contributed by atoms with van der Waals surface area (Å²) in [6.45, 7) is 4.03. The number of rotatable bonds is 3. The lowest BCUT2D eigenvalue weighted by Gasteiger charge is -2.25. The van der Waals surface area contributed by atoms with Gasteiger partial charge in [-0.05, 0) is 44.0 Å².